The lowest BCUT2D eigenvalue weighted by Crippen LogP contribution is -1.95. The molecule has 0 aliphatic heterocycles. The molecule has 0 saturated heterocycles. The fraction of sp³-hybridized carbons (Fsp3) is 0.167. The Hall–Kier alpha value is -1.52. The Morgan fingerprint density at radius 3 is 2.50 bits per heavy atom. The Bertz CT molecular complexity index is 576. The van der Waals surface area contributed by atoms with Gasteiger partial charge >= 0.3 is 0 Å². The van der Waals surface area contributed by atoms with Crippen LogP contribution < -0.4 is 9.47 Å². The molecule has 0 amide bonds. The molecule has 0 saturated carbocycles. The summed E-state index contributed by atoms with van der Waals surface area (Å²) in [4.78, 5) is 0. The topological polar surface area (TPSA) is 44.2 Å². The predicted octanol–water partition coefficient (Wildman–Crippen LogP) is 3.89. The molecule has 6 heteroatoms. The van der Waals surface area contributed by atoms with Gasteiger partial charge in [0.1, 0.15) is 5.02 Å². The van der Waals surface area contributed by atoms with Gasteiger partial charge in [0.15, 0.2) is 16.7 Å². The van der Waals surface area contributed by atoms with E-state index in [9.17, 15) is 0 Å². The van der Waals surface area contributed by atoms with Crippen molar-refractivity contribution in [2.45, 2.75) is 6.92 Å². The third kappa shape index (κ3) is 2.83. The van der Waals surface area contributed by atoms with E-state index in [-0.39, 0.29) is 11.0 Å². The average molecular weight is 285 g/mol. The standard InChI is InChI=1S/C12H10Cl2N2O2/c1-7-3-4-9(17-2)10(5-7)18-12-8(13)6-11(14)15-16-12/h3-6H,1-2H3. The summed E-state index contributed by atoms with van der Waals surface area (Å²) in [6, 6.07) is 7.02. The molecule has 0 N–H and O–H groups in total. The first kappa shape index (κ1) is 12.9. The summed E-state index contributed by atoms with van der Waals surface area (Å²) in [7, 11) is 1.56. The molecule has 2 aromatic rings. The van der Waals surface area contributed by atoms with Crippen LogP contribution in [-0.2, 0) is 0 Å². The van der Waals surface area contributed by atoms with Crippen molar-refractivity contribution < 1.29 is 9.47 Å². The maximum absolute atomic E-state index is 5.96. The first-order chi connectivity index (χ1) is 8.60. The lowest BCUT2D eigenvalue weighted by molar-refractivity contribution is 0.372. The number of aromatic nitrogens is 2. The summed E-state index contributed by atoms with van der Waals surface area (Å²) >= 11 is 11.6. The number of methoxy groups -OCH3 is 1. The predicted molar refractivity (Wildman–Crippen MR) is 69.9 cm³/mol. The molecular formula is C12H10Cl2N2O2. The van der Waals surface area contributed by atoms with Crippen LogP contribution in [0.25, 0.3) is 0 Å². The fourth-order valence-electron chi connectivity index (χ4n) is 1.37. The maximum atomic E-state index is 5.96. The number of rotatable bonds is 3. The Kier molecular flexibility index (Phi) is 3.89. The van der Waals surface area contributed by atoms with Gasteiger partial charge in [0.05, 0.1) is 7.11 Å². The molecule has 2 rings (SSSR count). The minimum Gasteiger partial charge on any atom is -0.493 e. The van der Waals surface area contributed by atoms with E-state index in [0.717, 1.165) is 5.56 Å². The molecule has 0 aliphatic rings. The highest BCUT2D eigenvalue weighted by atomic mass is 35.5. The third-order valence-electron chi connectivity index (χ3n) is 2.21. The normalized spacial score (nSPS) is 10.2. The molecule has 4 nitrogen and oxygen atoms in total. The molecule has 0 atom stereocenters. The zero-order chi connectivity index (χ0) is 13.1. The third-order valence-corrected chi connectivity index (χ3v) is 2.67. The van der Waals surface area contributed by atoms with Gasteiger partial charge in [-0.2, -0.15) is 0 Å². The summed E-state index contributed by atoms with van der Waals surface area (Å²) < 4.78 is 10.8. The molecule has 0 radical (unpaired) electrons. The number of hydrogen-bond acceptors (Lipinski definition) is 4. The molecule has 0 spiro atoms. The zero-order valence-corrected chi connectivity index (χ0v) is 11.3. The van der Waals surface area contributed by atoms with Gasteiger partial charge in [-0.15, -0.1) is 10.2 Å². The Labute approximate surface area is 114 Å². The smallest absolute Gasteiger partial charge is 0.258 e. The highest BCUT2D eigenvalue weighted by molar-refractivity contribution is 6.34. The lowest BCUT2D eigenvalue weighted by atomic mass is 10.2. The van der Waals surface area contributed by atoms with Gasteiger partial charge in [-0.05, 0) is 24.6 Å². The van der Waals surface area contributed by atoms with Crippen LogP contribution >= 0.6 is 23.2 Å². The van der Waals surface area contributed by atoms with Crippen molar-refractivity contribution in [3.63, 3.8) is 0 Å². The second kappa shape index (κ2) is 5.42. The number of ether oxygens (including phenoxy) is 2. The van der Waals surface area contributed by atoms with Gasteiger partial charge in [-0.25, -0.2) is 0 Å². The van der Waals surface area contributed by atoms with Gasteiger partial charge in [0, 0.05) is 6.07 Å². The highest BCUT2D eigenvalue weighted by Gasteiger charge is 2.11. The second-order valence-electron chi connectivity index (χ2n) is 3.58. The van der Waals surface area contributed by atoms with Crippen molar-refractivity contribution in [3.05, 3.63) is 40.0 Å². The quantitative estimate of drug-likeness (QED) is 0.858. The van der Waals surface area contributed by atoms with Crippen LogP contribution in [0, 0.1) is 6.92 Å². The van der Waals surface area contributed by atoms with Gasteiger partial charge in [-0.1, -0.05) is 29.3 Å². The maximum Gasteiger partial charge on any atom is 0.258 e. The number of benzene rings is 1. The molecule has 94 valence electrons. The molecule has 0 bridgehead atoms. The van der Waals surface area contributed by atoms with Crippen LogP contribution in [0.2, 0.25) is 10.2 Å². The van der Waals surface area contributed by atoms with E-state index >= 15 is 0 Å². The first-order valence-corrected chi connectivity index (χ1v) is 5.87. The Morgan fingerprint density at radius 2 is 1.83 bits per heavy atom. The van der Waals surface area contributed by atoms with E-state index < -0.39 is 0 Å². The average Bonchev–Trinajstić information content (AvgIpc) is 2.33. The van der Waals surface area contributed by atoms with E-state index in [1.165, 1.54) is 6.07 Å². The molecular weight excluding hydrogens is 275 g/mol. The van der Waals surface area contributed by atoms with Gasteiger partial charge in [0.2, 0.25) is 0 Å². The van der Waals surface area contributed by atoms with E-state index in [4.69, 9.17) is 32.7 Å². The Balaban J connectivity index is 2.36. The van der Waals surface area contributed by atoms with Gasteiger partial charge in [-0.3, -0.25) is 0 Å². The van der Waals surface area contributed by atoms with E-state index in [1.807, 2.05) is 25.1 Å². The second-order valence-corrected chi connectivity index (χ2v) is 4.37. The number of hydrogen-bond donors (Lipinski definition) is 0. The van der Waals surface area contributed by atoms with Crippen LogP contribution in [0.4, 0.5) is 0 Å². The van der Waals surface area contributed by atoms with Crippen LogP contribution in [0.5, 0.6) is 17.4 Å². The molecule has 0 fully saturated rings. The largest absolute Gasteiger partial charge is 0.493 e. The number of halogens is 2. The van der Waals surface area contributed by atoms with Crippen molar-refractivity contribution in [2.75, 3.05) is 7.11 Å². The van der Waals surface area contributed by atoms with Crippen LogP contribution in [-0.4, -0.2) is 17.3 Å². The van der Waals surface area contributed by atoms with E-state index in [2.05, 4.69) is 10.2 Å². The molecule has 1 heterocycles. The first-order valence-electron chi connectivity index (χ1n) is 5.11. The number of nitrogens with zero attached hydrogens (tertiary/aromatic N) is 2. The SMILES string of the molecule is COc1ccc(C)cc1Oc1nnc(Cl)cc1Cl. The van der Waals surface area contributed by atoms with Gasteiger partial charge in [0.25, 0.3) is 5.88 Å². The summed E-state index contributed by atoms with van der Waals surface area (Å²) in [6.45, 7) is 1.95. The van der Waals surface area contributed by atoms with E-state index in [0.29, 0.717) is 16.5 Å². The van der Waals surface area contributed by atoms with Crippen molar-refractivity contribution in [3.8, 4) is 17.4 Å². The summed E-state index contributed by atoms with van der Waals surface area (Å²) in [5.74, 6) is 1.30. The summed E-state index contributed by atoms with van der Waals surface area (Å²) in [5.41, 5.74) is 1.03. The summed E-state index contributed by atoms with van der Waals surface area (Å²) in [5, 5.41) is 7.97. The molecule has 0 aliphatic carbocycles. The zero-order valence-electron chi connectivity index (χ0n) is 9.78. The van der Waals surface area contributed by atoms with E-state index in [1.54, 1.807) is 7.11 Å². The number of aryl methyl sites for hydroxylation is 1. The minimum atomic E-state index is 0.185. The minimum absolute atomic E-state index is 0.185. The van der Waals surface area contributed by atoms with Crippen LogP contribution in [0.3, 0.4) is 0 Å². The van der Waals surface area contributed by atoms with Gasteiger partial charge < -0.3 is 9.47 Å². The highest BCUT2D eigenvalue weighted by Crippen LogP contribution is 2.34. The molecule has 18 heavy (non-hydrogen) atoms. The Morgan fingerprint density at radius 1 is 1.06 bits per heavy atom. The van der Waals surface area contributed by atoms with Crippen LogP contribution in [0.15, 0.2) is 24.3 Å². The molecule has 1 aromatic heterocycles. The molecule has 1 aromatic carbocycles. The lowest BCUT2D eigenvalue weighted by Gasteiger charge is -2.10. The van der Waals surface area contributed by atoms with Crippen molar-refractivity contribution in [1.29, 1.82) is 0 Å². The van der Waals surface area contributed by atoms with Crippen molar-refractivity contribution in [1.82, 2.24) is 10.2 Å². The van der Waals surface area contributed by atoms with Crippen molar-refractivity contribution in [2.24, 2.45) is 0 Å². The monoisotopic (exact) mass is 284 g/mol. The fourth-order valence-corrected chi connectivity index (χ4v) is 1.76. The summed E-state index contributed by atoms with van der Waals surface area (Å²) in [6.07, 6.45) is 0. The van der Waals surface area contributed by atoms with Crippen LogP contribution in [0.1, 0.15) is 5.56 Å². The molecule has 0 unspecified atom stereocenters. The van der Waals surface area contributed by atoms with Crippen molar-refractivity contribution >= 4 is 23.2 Å².